The van der Waals surface area contributed by atoms with Crippen molar-refractivity contribution in [1.82, 2.24) is 0 Å². The molecule has 3 rings (SSSR count). The van der Waals surface area contributed by atoms with Gasteiger partial charge in [-0.15, -0.1) is 0 Å². The molecule has 6 heteroatoms. The third kappa shape index (κ3) is 5.09. The molecule has 0 spiro atoms. The van der Waals surface area contributed by atoms with Crippen LogP contribution >= 0.6 is 0 Å². The van der Waals surface area contributed by atoms with Crippen LogP contribution in [0.25, 0.3) is 0 Å². The number of anilines is 3. The first-order valence-corrected chi connectivity index (χ1v) is 10.1. The number of amides is 2. The van der Waals surface area contributed by atoms with Crippen molar-refractivity contribution in [2.45, 2.75) is 26.8 Å². The summed E-state index contributed by atoms with van der Waals surface area (Å²) in [5, 5.41) is 5.59. The summed E-state index contributed by atoms with van der Waals surface area (Å²) in [7, 11) is 1.99. The van der Waals surface area contributed by atoms with E-state index < -0.39 is 11.7 Å². The number of carbonyl (C=O) groups excluding carboxylic acids is 2. The summed E-state index contributed by atoms with van der Waals surface area (Å²) in [5.41, 5.74) is 2.89. The number of halogens is 1. The number of hydrogen-bond donors (Lipinski definition) is 2. The van der Waals surface area contributed by atoms with Gasteiger partial charge in [0, 0.05) is 24.5 Å². The Morgan fingerprint density at radius 1 is 0.871 bits per heavy atom. The summed E-state index contributed by atoms with van der Waals surface area (Å²) in [5.74, 6) is -1.59. The first-order valence-electron chi connectivity index (χ1n) is 10.1. The zero-order chi connectivity index (χ0) is 22.5. The topological polar surface area (TPSA) is 61.4 Å². The van der Waals surface area contributed by atoms with E-state index in [2.05, 4.69) is 29.4 Å². The second kappa shape index (κ2) is 9.43. The van der Waals surface area contributed by atoms with Gasteiger partial charge in [0.05, 0.1) is 16.8 Å². The molecule has 0 bridgehead atoms. The number of nitrogens with zero attached hydrogens (tertiary/aromatic N) is 1. The molecule has 0 aromatic heterocycles. The number of nitrogens with one attached hydrogen (secondary N) is 2. The standard InChI is InChI=1S/C25H26FN3O2/c1-16(2)29(4)19-11-8-10-18(15-19)27-25(31)21-13-7-9-17(3)23(21)28-24(30)20-12-5-6-14-22(20)26/h5-16H,1-4H3,(H,27,31)(H,28,30). The van der Waals surface area contributed by atoms with Crippen LogP contribution in [-0.2, 0) is 0 Å². The summed E-state index contributed by atoms with van der Waals surface area (Å²) in [6.45, 7) is 5.96. The van der Waals surface area contributed by atoms with Crippen LogP contribution in [0, 0.1) is 12.7 Å². The number of hydrogen-bond acceptors (Lipinski definition) is 3. The average molecular weight is 420 g/mol. The van der Waals surface area contributed by atoms with Crippen molar-refractivity contribution < 1.29 is 14.0 Å². The van der Waals surface area contributed by atoms with Crippen LogP contribution in [0.2, 0.25) is 0 Å². The molecule has 0 aliphatic heterocycles. The molecule has 0 saturated carbocycles. The molecule has 0 unspecified atom stereocenters. The predicted octanol–water partition coefficient (Wildman–Crippen LogP) is 5.48. The molecule has 0 atom stereocenters. The smallest absolute Gasteiger partial charge is 0.258 e. The average Bonchev–Trinajstić information content (AvgIpc) is 2.74. The maximum Gasteiger partial charge on any atom is 0.258 e. The molecule has 5 nitrogen and oxygen atoms in total. The number of rotatable bonds is 6. The van der Waals surface area contributed by atoms with Gasteiger partial charge in [-0.2, -0.15) is 0 Å². The van der Waals surface area contributed by atoms with Gasteiger partial charge in [0.25, 0.3) is 11.8 Å². The van der Waals surface area contributed by atoms with Gasteiger partial charge in [0.15, 0.2) is 0 Å². The molecule has 3 aromatic rings. The fraction of sp³-hybridized carbons (Fsp3) is 0.200. The van der Waals surface area contributed by atoms with Gasteiger partial charge >= 0.3 is 0 Å². The van der Waals surface area contributed by atoms with E-state index >= 15 is 0 Å². The van der Waals surface area contributed by atoms with Gasteiger partial charge in [-0.1, -0.05) is 30.3 Å². The van der Waals surface area contributed by atoms with E-state index in [1.165, 1.54) is 18.2 Å². The number of para-hydroxylation sites is 1. The number of benzene rings is 3. The van der Waals surface area contributed by atoms with Crippen LogP contribution in [0.1, 0.15) is 40.1 Å². The van der Waals surface area contributed by atoms with Crippen molar-refractivity contribution in [2.24, 2.45) is 0 Å². The van der Waals surface area contributed by atoms with Crippen molar-refractivity contribution in [3.05, 3.63) is 89.2 Å². The molecule has 0 heterocycles. The first kappa shape index (κ1) is 22.0. The molecule has 3 aromatic carbocycles. The summed E-state index contributed by atoms with van der Waals surface area (Å²) in [6, 6.07) is 18.7. The van der Waals surface area contributed by atoms with E-state index in [0.29, 0.717) is 28.5 Å². The van der Waals surface area contributed by atoms with Crippen molar-refractivity contribution in [2.75, 3.05) is 22.6 Å². The Balaban J connectivity index is 1.86. The highest BCUT2D eigenvalue weighted by molar-refractivity contribution is 6.13. The Bertz CT molecular complexity index is 1110. The van der Waals surface area contributed by atoms with Crippen molar-refractivity contribution in [3.63, 3.8) is 0 Å². The van der Waals surface area contributed by atoms with Gasteiger partial charge in [-0.3, -0.25) is 9.59 Å². The molecule has 2 N–H and O–H groups in total. The van der Waals surface area contributed by atoms with Gasteiger partial charge in [-0.25, -0.2) is 4.39 Å². The SMILES string of the molecule is Cc1cccc(C(=O)Nc2cccc(N(C)C(C)C)c2)c1NC(=O)c1ccccc1F. The summed E-state index contributed by atoms with van der Waals surface area (Å²) in [6.07, 6.45) is 0. The zero-order valence-corrected chi connectivity index (χ0v) is 18.1. The van der Waals surface area contributed by atoms with Gasteiger partial charge < -0.3 is 15.5 Å². The molecule has 0 fully saturated rings. The molecule has 0 aliphatic rings. The van der Waals surface area contributed by atoms with Gasteiger partial charge in [-0.05, 0) is 62.7 Å². The van der Waals surface area contributed by atoms with Gasteiger partial charge in [0.2, 0.25) is 0 Å². The quantitative estimate of drug-likeness (QED) is 0.556. The highest BCUT2D eigenvalue weighted by atomic mass is 19.1. The molecular formula is C25H26FN3O2. The molecule has 2 amide bonds. The van der Waals surface area contributed by atoms with Crippen LogP contribution in [-0.4, -0.2) is 24.9 Å². The van der Waals surface area contributed by atoms with Crippen LogP contribution in [0.4, 0.5) is 21.5 Å². The minimum Gasteiger partial charge on any atom is -0.372 e. The summed E-state index contributed by atoms with van der Waals surface area (Å²) < 4.78 is 14.0. The molecule has 0 radical (unpaired) electrons. The lowest BCUT2D eigenvalue weighted by atomic mass is 10.1. The third-order valence-corrected chi connectivity index (χ3v) is 5.16. The first-order chi connectivity index (χ1) is 14.8. The Hall–Kier alpha value is -3.67. The lowest BCUT2D eigenvalue weighted by molar-refractivity contribution is 0.102. The van der Waals surface area contributed by atoms with Crippen LogP contribution in [0.3, 0.4) is 0 Å². The van der Waals surface area contributed by atoms with E-state index in [9.17, 15) is 14.0 Å². The Morgan fingerprint density at radius 2 is 1.52 bits per heavy atom. The largest absolute Gasteiger partial charge is 0.372 e. The third-order valence-electron chi connectivity index (χ3n) is 5.16. The Labute approximate surface area is 181 Å². The maximum atomic E-state index is 14.0. The van der Waals surface area contributed by atoms with Crippen LogP contribution in [0.15, 0.2) is 66.7 Å². The monoisotopic (exact) mass is 419 g/mol. The molecule has 0 saturated heterocycles. The lowest BCUT2D eigenvalue weighted by Gasteiger charge is -2.24. The second-order valence-electron chi connectivity index (χ2n) is 7.64. The highest BCUT2D eigenvalue weighted by Crippen LogP contribution is 2.25. The molecule has 31 heavy (non-hydrogen) atoms. The number of aryl methyl sites for hydroxylation is 1. The van der Waals surface area contributed by atoms with Gasteiger partial charge in [0.1, 0.15) is 5.82 Å². The van der Waals surface area contributed by atoms with E-state index in [1.54, 1.807) is 31.2 Å². The van der Waals surface area contributed by atoms with E-state index in [-0.39, 0.29) is 11.5 Å². The van der Waals surface area contributed by atoms with E-state index in [4.69, 9.17) is 0 Å². The van der Waals surface area contributed by atoms with Crippen molar-refractivity contribution >= 4 is 28.9 Å². The normalized spacial score (nSPS) is 10.6. The maximum absolute atomic E-state index is 14.0. The van der Waals surface area contributed by atoms with Crippen molar-refractivity contribution in [1.29, 1.82) is 0 Å². The predicted molar refractivity (Wildman–Crippen MR) is 123 cm³/mol. The number of carbonyl (C=O) groups is 2. The lowest BCUT2D eigenvalue weighted by Crippen LogP contribution is -2.25. The minimum absolute atomic E-state index is 0.0819. The Kier molecular flexibility index (Phi) is 6.70. The van der Waals surface area contributed by atoms with Crippen molar-refractivity contribution in [3.8, 4) is 0 Å². The van der Waals surface area contributed by atoms with Crippen LogP contribution < -0.4 is 15.5 Å². The van der Waals surface area contributed by atoms with E-state index in [1.807, 2.05) is 31.3 Å². The molecule has 160 valence electrons. The Morgan fingerprint density at radius 3 is 2.23 bits per heavy atom. The van der Waals surface area contributed by atoms with E-state index in [0.717, 1.165) is 5.69 Å². The molecular weight excluding hydrogens is 393 g/mol. The fourth-order valence-corrected chi connectivity index (χ4v) is 3.15. The highest BCUT2D eigenvalue weighted by Gasteiger charge is 2.18. The fourth-order valence-electron chi connectivity index (χ4n) is 3.15. The summed E-state index contributed by atoms with van der Waals surface area (Å²) >= 11 is 0. The summed E-state index contributed by atoms with van der Waals surface area (Å²) in [4.78, 5) is 27.8. The zero-order valence-electron chi connectivity index (χ0n) is 18.1. The molecule has 0 aliphatic carbocycles. The minimum atomic E-state index is -0.620. The van der Waals surface area contributed by atoms with Crippen LogP contribution in [0.5, 0.6) is 0 Å². The second-order valence-corrected chi connectivity index (χ2v) is 7.64.